The molecule has 3 rings (SSSR count). The third kappa shape index (κ3) is 4.26. The highest BCUT2D eigenvalue weighted by atomic mass is 35.5. The monoisotopic (exact) mass is 426 g/mol. The maximum atomic E-state index is 6.18. The van der Waals surface area contributed by atoms with Gasteiger partial charge < -0.3 is 18.6 Å². The molecule has 142 valence electrons. The largest absolute Gasteiger partial charge is 0.493 e. The van der Waals surface area contributed by atoms with Crippen LogP contribution >= 0.6 is 35.0 Å². The average Bonchev–Trinajstić information content (AvgIpc) is 3.15. The molecule has 1 heterocycles. The van der Waals surface area contributed by atoms with E-state index in [2.05, 4.69) is 10.2 Å². The van der Waals surface area contributed by atoms with Crippen molar-refractivity contribution < 1.29 is 18.6 Å². The van der Waals surface area contributed by atoms with Crippen molar-refractivity contribution in [1.82, 2.24) is 10.2 Å². The first-order valence-corrected chi connectivity index (χ1v) is 9.51. The lowest BCUT2D eigenvalue weighted by molar-refractivity contribution is 0.324. The summed E-state index contributed by atoms with van der Waals surface area (Å²) in [7, 11) is 4.64. The number of rotatable bonds is 7. The molecule has 0 aliphatic carbocycles. The number of aromatic nitrogens is 2. The number of hydrogen-bond donors (Lipinski definition) is 0. The van der Waals surface area contributed by atoms with Crippen LogP contribution in [0.25, 0.3) is 11.5 Å². The number of methoxy groups -OCH3 is 3. The molecule has 0 amide bonds. The van der Waals surface area contributed by atoms with Crippen molar-refractivity contribution in [2.75, 3.05) is 21.3 Å². The highest BCUT2D eigenvalue weighted by Gasteiger charge is 2.18. The maximum absolute atomic E-state index is 6.18. The van der Waals surface area contributed by atoms with Gasteiger partial charge >= 0.3 is 0 Å². The van der Waals surface area contributed by atoms with E-state index >= 15 is 0 Å². The van der Waals surface area contributed by atoms with E-state index in [0.717, 1.165) is 4.90 Å². The van der Waals surface area contributed by atoms with Gasteiger partial charge in [0.25, 0.3) is 0 Å². The third-order valence-electron chi connectivity index (χ3n) is 3.64. The summed E-state index contributed by atoms with van der Waals surface area (Å²) in [4.78, 5) is 0.772. The smallest absolute Gasteiger partial charge is 0.248 e. The molecule has 2 aromatic carbocycles. The predicted octanol–water partition coefficient (Wildman–Crippen LogP) is 5.36. The van der Waals surface area contributed by atoms with Crippen LogP contribution in [0.3, 0.4) is 0 Å². The summed E-state index contributed by atoms with van der Waals surface area (Å²) in [5.74, 6) is 2.72. The molecule has 0 fully saturated rings. The van der Waals surface area contributed by atoms with Crippen LogP contribution in [0.1, 0.15) is 5.89 Å². The summed E-state index contributed by atoms with van der Waals surface area (Å²) >= 11 is 13.8. The number of nitrogens with zero attached hydrogens (tertiary/aromatic N) is 2. The van der Waals surface area contributed by atoms with Crippen LogP contribution < -0.4 is 14.2 Å². The minimum absolute atomic E-state index is 0.343. The Morgan fingerprint density at radius 1 is 0.963 bits per heavy atom. The van der Waals surface area contributed by atoms with Gasteiger partial charge in [-0.3, -0.25) is 0 Å². The predicted molar refractivity (Wildman–Crippen MR) is 105 cm³/mol. The van der Waals surface area contributed by atoms with E-state index in [-0.39, 0.29) is 0 Å². The van der Waals surface area contributed by atoms with Crippen LogP contribution in [-0.2, 0) is 5.75 Å². The number of halogens is 2. The van der Waals surface area contributed by atoms with E-state index in [4.69, 9.17) is 41.8 Å². The lowest BCUT2D eigenvalue weighted by Crippen LogP contribution is -1.95. The van der Waals surface area contributed by atoms with E-state index < -0.39 is 0 Å². The second-order valence-electron chi connectivity index (χ2n) is 5.25. The molecule has 0 spiro atoms. The Morgan fingerprint density at radius 2 is 1.59 bits per heavy atom. The van der Waals surface area contributed by atoms with E-state index in [1.165, 1.54) is 11.8 Å². The molecule has 0 atom stereocenters. The fourth-order valence-electron chi connectivity index (χ4n) is 2.39. The first-order chi connectivity index (χ1) is 13.1. The van der Waals surface area contributed by atoms with Crippen molar-refractivity contribution in [1.29, 1.82) is 0 Å². The molecule has 0 N–H and O–H groups in total. The molecular formula is C18H16Cl2N2O4S. The first-order valence-electron chi connectivity index (χ1n) is 7.77. The Kier molecular flexibility index (Phi) is 6.36. The summed E-state index contributed by atoms with van der Waals surface area (Å²) in [6.07, 6.45) is 0. The van der Waals surface area contributed by atoms with Crippen molar-refractivity contribution in [3.63, 3.8) is 0 Å². The van der Waals surface area contributed by atoms with Crippen molar-refractivity contribution in [2.24, 2.45) is 0 Å². The van der Waals surface area contributed by atoms with Gasteiger partial charge in [-0.2, -0.15) is 0 Å². The SMILES string of the molecule is COc1cc(-c2nnc(CSc3c(Cl)cccc3Cl)o2)cc(OC)c1OC. The zero-order valence-corrected chi connectivity index (χ0v) is 17.1. The third-order valence-corrected chi connectivity index (χ3v) is 5.61. The van der Waals surface area contributed by atoms with Crippen molar-refractivity contribution in [3.05, 3.63) is 46.3 Å². The van der Waals surface area contributed by atoms with Gasteiger partial charge in [0.15, 0.2) is 11.5 Å². The standard InChI is InChI=1S/C18H16Cl2N2O4S/c1-23-13-7-10(8-14(24-2)16(13)25-3)18-22-21-15(26-18)9-27-17-11(19)5-4-6-12(17)20/h4-8H,9H2,1-3H3. The van der Waals surface area contributed by atoms with Crippen LogP contribution in [0.15, 0.2) is 39.6 Å². The zero-order chi connectivity index (χ0) is 19.4. The molecule has 0 aliphatic rings. The highest BCUT2D eigenvalue weighted by molar-refractivity contribution is 7.98. The summed E-state index contributed by atoms with van der Waals surface area (Å²) in [5, 5.41) is 9.35. The topological polar surface area (TPSA) is 66.6 Å². The molecule has 1 aromatic heterocycles. The van der Waals surface area contributed by atoms with Gasteiger partial charge in [0, 0.05) is 10.5 Å². The lowest BCUT2D eigenvalue weighted by Gasteiger charge is -2.12. The molecule has 3 aromatic rings. The van der Waals surface area contributed by atoms with Crippen LogP contribution in [0.5, 0.6) is 17.2 Å². The Morgan fingerprint density at radius 3 is 2.15 bits per heavy atom. The van der Waals surface area contributed by atoms with E-state index in [1.807, 2.05) is 0 Å². The van der Waals surface area contributed by atoms with Crippen molar-refractivity contribution >= 4 is 35.0 Å². The van der Waals surface area contributed by atoms with Crippen LogP contribution in [-0.4, -0.2) is 31.5 Å². The summed E-state index contributed by atoms with van der Waals surface area (Å²) < 4.78 is 21.8. The van der Waals surface area contributed by atoms with Gasteiger partial charge in [-0.05, 0) is 24.3 Å². The van der Waals surface area contributed by atoms with E-state index in [1.54, 1.807) is 51.7 Å². The average molecular weight is 427 g/mol. The molecule has 27 heavy (non-hydrogen) atoms. The number of ether oxygens (including phenoxy) is 3. The molecule has 0 bridgehead atoms. The molecule has 0 radical (unpaired) electrons. The molecule has 0 saturated carbocycles. The fraction of sp³-hybridized carbons (Fsp3) is 0.222. The van der Waals surface area contributed by atoms with Gasteiger partial charge in [0.05, 0.1) is 37.1 Å². The zero-order valence-electron chi connectivity index (χ0n) is 14.8. The minimum atomic E-state index is 0.343. The Labute approximate surface area is 170 Å². The molecule has 0 saturated heterocycles. The van der Waals surface area contributed by atoms with E-state index in [9.17, 15) is 0 Å². The van der Waals surface area contributed by atoms with Gasteiger partial charge in [0.1, 0.15) is 0 Å². The van der Waals surface area contributed by atoms with Crippen molar-refractivity contribution in [2.45, 2.75) is 10.6 Å². The lowest BCUT2D eigenvalue weighted by atomic mass is 10.2. The van der Waals surface area contributed by atoms with Crippen LogP contribution in [0, 0.1) is 0 Å². The van der Waals surface area contributed by atoms with Crippen LogP contribution in [0.4, 0.5) is 0 Å². The molecular weight excluding hydrogens is 411 g/mol. The summed E-state index contributed by atoms with van der Waals surface area (Å²) in [6, 6.07) is 8.85. The van der Waals surface area contributed by atoms with Gasteiger partial charge in [-0.15, -0.1) is 22.0 Å². The van der Waals surface area contributed by atoms with Crippen molar-refractivity contribution in [3.8, 4) is 28.7 Å². The van der Waals surface area contributed by atoms with E-state index in [0.29, 0.717) is 50.4 Å². The number of thioether (sulfide) groups is 1. The number of benzene rings is 2. The van der Waals surface area contributed by atoms with Gasteiger partial charge in [0.2, 0.25) is 17.5 Å². The normalized spacial score (nSPS) is 10.7. The quantitative estimate of drug-likeness (QED) is 0.470. The Bertz CT molecular complexity index is 904. The second kappa shape index (κ2) is 8.73. The summed E-state index contributed by atoms with van der Waals surface area (Å²) in [6.45, 7) is 0. The van der Waals surface area contributed by atoms with Gasteiger partial charge in [-0.1, -0.05) is 29.3 Å². The maximum Gasteiger partial charge on any atom is 0.248 e. The molecule has 0 aliphatic heterocycles. The minimum Gasteiger partial charge on any atom is -0.493 e. The molecule has 0 unspecified atom stereocenters. The summed E-state index contributed by atoms with van der Waals surface area (Å²) in [5.41, 5.74) is 0.657. The first kappa shape index (κ1) is 19.7. The Hall–Kier alpha value is -2.09. The molecule has 6 nitrogen and oxygen atoms in total. The Balaban J connectivity index is 1.83. The van der Waals surface area contributed by atoms with Gasteiger partial charge in [-0.25, -0.2) is 0 Å². The second-order valence-corrected chi connectivity index (χ2v) is 7.05. The fourth-order valence-corrected chi connectivity index (χ4v) is 3.91. The number of hydrogen-bond acceptors (Lipinski definition) is 7. The highest BCUT2D eigenvalue weighted by Crippen LogP contribution is 2.41. The van der Waals surface area contributed by atoms with Crippen LogP contribution in [0.2, 0.25) is 10.0 Å². The molecule has 9 heteroatoms.